The molecule has 3 nitrogen and oxygen atoms in total. The van der Waals surface area contributed by atoms with Crippen LogP contribution in [0.5, 0.6) is 0 Å². The van der Waals surface area contributed by atoms with Gasteiger partial charge in [0.2, 0.25) is 0 Å². The first-order valence-electron chi connectivity index (χ1n) is 8.17. The van der Waals surface area contributed by atoms with E-state index in [4.69, 9.17) is 0 Å². The third-order valence-electron chi connectivity index (χ3n) is 4.51. The molecule has 2 aromatic rings. The standard InChI is InChI=1S/C18H24N2O/c21-18(11-6-12-19-14-7-2-1-3-8-14)16-13-20-17-10-5-4-9-15(16)17/h4-5,9-10,13-14,19-20H,1-3,6-8,11-12H2. The number of carbonyl (C=O) groups excluding carboxylic acids is 1. The van der Waals surface area contributed by atoms with Crippen molar-refractivity contribution in [2.45, 2.75) is 51.0 Å². The number of hydrogen-bond donors (Lipinski definition) is 2. The molecular weight excluding hydrogens is 260 g/mol. The molecule has 1 heterocycles. The number of fused-ring (bicyclic) bond motifs is 1. The number of aromatic amines is 1. The third-order valence-corrected chi connectivity index (χ3v) is 4.51. The number of nitrogens with one attached hydrogen (secondary N) is 2. The van der Waals surface area contributed by atoms with Gasteiger partial charge < -0.3 is 10.3 Å². The minimum Gasteiger partial charge on any atom is -0.360 e. The highest BCUT2D eigenvalue weighted by atomic mass is 16.1. The summed E-state index contributed by atoms with van der Waals surface area (Å²) in [5.41, 5.74) is 1.88. The summed E-state index contributed by atoms with van der Waals surface area (Å²) in [5.74, 6) is 0.248. The first-order valence-corrected chi connectivity index (χ1v) is 8.17. The van der Waals surface area contributed by atoms with Gasteiger partial charge in [-0.3, -0.25) is 4.79 Å². The summed E-state index contributed by atoms with van der Waals surface area (Å²) in [7, 11) is 0. The zero-order valence-corrected chi connectivity index (χ0v) is 12.5. The molecule has 0 atom stereocenters. The summed E-state index contributed by atoms with van der Waals surface area (Å²) >= 11 is 0. The Hall–Kier alpha value is -1.61. The summed E-state index contributed by atoms with van der Waals surface area (Å²) in [6.45, 7) is 0.957. The van der Waals surface area contributed by atoms with Gasteiger partial charge in [-0.05, 0) is 31.9 Å². The van der Waals surface area contributed by atoms with E-state index < -0.39 is 0 Å². The summed E-state index contributed by atoms with van der Waals surface area (Å²) < 4.78 is 0. The van der Waals surface area contributed by atoms with Gasteiger partial charge in [-0.15, -0.1) is 0 Å². The molecule has 1 aromatic heterocycles. The van der Waals surface area contributed by atoms with Crippen LogP contribution < -0.4 is 5.32 Å². The second kappa shape index (κ2) is 6.90. The number of aromatic nitrogens is 1. The monoisotopic (exact) mass is 284 g/mol. The number of benzene rings is 1. The van der Waals surface area contributed by atoms with Crippen LogP contribution in [0.2, 0.25) is 0 Å². The lowest BCUT2D eigenvalue weighted by Gasteiger charge is -2.22. The first kappa shape index (κ1) is 14.3. The maximum absolute atomic E-state index is 12.3. The summed E-state index contributed by atoms with van der Waals surface area (Å²) in [6.07, 6.45) is 10.1. The summed E-state index contributed by atoms with van der Waals surface area (Å²) in [6, 6.07) is 8.68. The maximum atomic E-state index is 12.3. The van der Waals surface area contributed by atoms with Gasteiger partial charge in [0, 0.05) is 35.1 Å². The van der Waals surface area contributed by atoms with Crippen LogP contribution in [-0.2, 0) is 0 Å². The quantitative estimate of drug-likeness (QED) is 0.621. The molecule has 0 radical (unpaired) electrons. The SMILES string of the molecule is O=C(CCCNC1CCCCC1)c1c[nH]c2ccccc12. The highest BCUT2D eigenvalue weighted by Gasteiger charge is 2.14. The summed E-state index contributed by atoms with van der Waals surface area (Å²) in [4.78, 5) is 15.5. The number of ketones is 1. The molecule has 0 amide bonds. The largest absolute Gasteiger partial charge is 0.360 e. The van der Waals surface area contributed by atoms with E-state index in [-0.39, 0.29) is 5.78 Å². The van der Waals surface area contributed by atoms with Gasteiger partial charge in [0.05, 0.1) is 0 Å². The molecule has 1 aliphatic carbocycles. The van der Waals surface area contributed by atoms with E-state index in [0.717, 1.165) is 29.4 Å². The van der Waals surface area contributed by atoms with Gasteiger partial charge in [0.25, 0.3) is 0 Å². The number of para-hydroxylation sites is 1. The minimum atomic E-state index is 0.248. The molecule has 3 rings (SSSR count). The predicted octanol–water partition coefficient (Wildman–Crippen LogP) is 4.05. The van der Waals surface area contributed by atoms with Crippen molar-refractivity contribution in [3.63, 3.8) is 0 Å². The molecule has 0 aliphatic heterocycles. The zero-order valence-electron chi connectivity index (χ0n) is 12.5. The molecule has 1 aliphatic rings. The molecule has 0 saturated heterocycles. The Morgan fingerprint density at radius 1 is 1.19 bits per heavy atom. The van der Waals surface area contributed by atoms with E-state index in [2.05, 4.69) is 10.3 Å². The number of Topliss-reactive ketones (excluding diaryl/α,β-unsaturated/α-hetero) is 1. The first-order chi connectivity index (χ1) is 10.3. The van der Waals surface area contributed by atoms with E-state index in [1.807, 2.05) is 30.5 Å². The smallest absolute Gasteiger partial charge is 0.165 e. The fourth-order valence-corrected chi connectivity index (χ4v) is 3.30. The lowest BCUT2D eigenvalue weighted by Crippen LogP contribution is -2.31. The Kier molecular flexibility index (Phi) is 4.71. The molecule has 2 N–H and O–H groups in total. The topological polar surface area (TPSA) is 44.9 Å². The van der Waals surface area contributed by atoms with Crippen molar-refractivity contribution >= 4 is 16.7 Å². The van der Waals surface area contributed by atoms with E-state index in [1.54, 1.807) is 0 Å². The second-order valence-electron chi connectivity index (χ2n) is 6.06. The van der Waals surface area contributed by atoms with Crippen LogP contribution in [0.15, 0.2) is 30.5 Å². The van der Waals surface area contributed by atoms with Crippen LogP contribution in [0.4, 0.5) is 0 Å². The van der Waals surface area contributed by atoms with Gasteiger partial charge in [0.15, 0.2) is 5.78 Å². The van der Waals surface area contributed by atoms with Gasteiger partial charge in [-0.25, -0.2) is 0 Å². The minimum absolute atomic E-state index is 0.248. The number of H-pyrrole nitrogens is 1. The van der Waals surface area contributed by atoms with Gasteiger partial charge >= 0.3 is 0 Å². The molecule has 0 bridgehead atoms. The van der Waals surface area contributed by atoms with Crippen molar-refractivity contribution < 1.29 is 4.79 Å². The van der Waals surface area contributed by atoms with Crippen LogP contribution in [0, 0.1) is 0 Å². The van der Waals surface area contributed by atoms with E-state index >= 15 is 0 Å². The van der Waals surface area contributed by atoms with Gasteiger partial charge in [-0.1, -0.05) is 37.5 Å². The highest BCUT2D eigenvalue weighted by Crippen LogP contribution is 2.20. The van der Waals surface area contributed by atoms with Crippen molar-refractivity contribution in [2.24, 2.45) is 0 Å². The Bertz CT molecular complexity index is 596. The molecule has 1 aromatic carbocycles. The normalized spacial score (nSPS) is 16.4. The Morgan fingerprint density at radius 3 is 2.86 bits per heavy atom. The van der Waals surface area contributed by atoms with E-state index in [9.17, 15) is 4.79 Å². The number of rotatable bonds is 6. The fourth-order valence-electron chi connectivity index (χ4n) is 3.30. The average Bonchev–Trinajstić information content (AvgIpc) is 2.96. The molecule has 3 heteroatoms. The average molecular weight is 284 g/mol. The number of carbonyl (C=O) groups is 1. The molecule has 112 valence electrons. The van der Waals surface area contributed by atoms with Gasteiger partial charge in [0.1, 0.15) is 0 Å². The molecular formula is C18H24N2O. The Morgan fingerprint density at radius 2 is 2.00 bits per heavy atom. The van der Waals surface area contributed by atoms with Crippen LogP contribution >= 0.6 is 0 Å². The zero-order chi connectivity index (χ0) is 14.5. The maximum Gasteiger partial charge on any atom is 0.165 e. The molecule has 1 fully saturated rings. The van der Waals surface area contributed by atoms with Crippen LogP contribution in [0.1, 0.15) is 55.3 Å². The lowest BCUT2D eigenvalue weighted by molar-refractivity contribution is 0.0981. The second-order valence-corrected chi connectivity index (χ2v) is 6.06. The Balaban J connectivity index is 1.48. The summed E-state index contributed by atoms with van der Waals surface area (Å²) in [5, 5.41) is 4.64. The third kappa shape index (κ3) is 3.53. The fraction of sp³-hybridized carbons (Fsp3) is 0.500. The molecule has 21 heavy (non-hydrogen) atoms. The van der Waals surface area contributed by atoms with E-state index in [0.29, 0.717) is 12.5 Å². The predicted molar refractivity (Wildman–Crippen MR) is 86.7 cm³/mol. The molecule has 1 saturated carbocycles. The number of hydrogen-bond acceptors (Lipinski definition) is 2. The van der Waals surface area contributed by atoms with E-state index in [1.165, 1.54) is 32.1 Å². The molecule has 0 unspecified atom stereocenters. The highest BCUT2D eigenvalue weighted by molar-refractivity contribution is 6.07. The van der Waals surface area contributed by atoms with Crippen molar-refractivity contribution in [3.05, 3.63) is 36.0 Å². The van der Waals surface area contributed by atoms with Crippen LogP contribution in [0.25, 0.3) is 10.9 Å². The van der Waals surface area contributed by atoms with Crippen molar-refractivity contribution in [3.8, 4) is 0 Å². The van der Waals surface area contributed by atoms with Gasteiger partial charge in [-0.2, -0.15) is 0 Å². The van der Waals surface area contributed by atoms with Crippen LogP contribution in [-0.4, -0.2) is 23.4 Å². The Labute approximate surface area is 126 Å². The van der Waals surface area contributed by atoms with Crippen LogP contribution in [0.3, 0.4) is 0 Å². The van der Waals surface area contributed by atoms with Crippen molar-refractivity contribution in [1.29, 1.82) is 0 Å². The van der Waals surface area contributed by atoms with Crippen molar-refractivity contribution in [2.75, 3.05) is 6.54 Å². The lowest BCUT2D eigenvalue weighted by atomic mass is 9.95. The van der Waals surface area contributed by atoms with Crippen molar-refractivity contribution in [1.82, 2.24) is 10.3 Å². The molecule has 0 spiro atoms.